The van der Waals surface area contributed by atoms with E-state index in [-0.39, 0.29) is 10.1 Å². The lowest BCUT2D eigenvalue weighted by molar-refractivity contribution is -0.142. The summed E-state index contributed by atoms with van der Waals surface area (Å²) in [6, 6.07) is 3.33. The molecule has 0 spiro atoms. The molecular formula is C16H20F2O2S. The SMILES string of the molecule is CCCC1CCC(C(=O)O)C(Sc2cc(F)ccc2F)C1. The summed E-state index contributed by atoms with van der Waals surface area (Å²) in [4.78, 5) is 11.6. The second kappa shape index (κ2) is 7.25. The number of halogens is 2. The first-order chi connectivity index (χ1) is 10.0. The fourth-order valence-corrected chi connectivity index (χ4v) is 4.50. The lowest BCUT2D eigenvalue weighted by Gasteiger charge is -2.33. The van der Waals surface area contributed by atoms with E-state index in [1.807, 2.05) is 0 Å². The molecule has 0 saturated heterocycles. The molecule has 0 heterocycles. The predicted molar refractivity (Wildman–Crippen MR) is 79.4 cm³/mol. The fourth-order valence-electron chi connectivity index (χ4n) is 3.03. The van der Waals surface area contributed by atoms with Gasteiger partial charge in [-0.2, -0.15) is 0 Å². The van der Waals surface area contributed by atoms with E-state index in [2.05, 4.69) is 6.92 Å². The van der Waals surface area contributed by atoms with Gasteiger partial charge in [0.05, 0.1) is 5.92 Å². The molecule has 1 fully saturated rings. The number of hydrogen-bond acceptors (Lipinski definition) is 2. The van der Waals surface area contributed by atoms with Crippen molar-refractivity contribution >= 4 is 17.7 Å². The maximum absolute atomic E-state index is 13.8. The summed E-state index contributed by atoms with van der Waals surface area (Å²) in [7, 11) is 0. The number of benzene rings is 1. The molecule has 1 aliphatic carbocycles. The third-order valence-electron chi connectivity index (χ3n) is 4.09. The van der Waals surface area contributed by atoms with Crippen LogP contribution in [0.1, 0.15) is 39.0 Å². The number of rotatable bonds is 5. The number of carboxylic acids is 1. The van der Waals surface area contributed by atoms with Crippen molar-refractivity contribution in [3.05, 3.63) is 29.8 Å². The summed E-state index contributed by atoms with van der Waals surface area (Å²) in [5.41, 5.74) is 0. The Morgan fingerprint density at radius 2 is 2.14 bits per heavy atom. The van der Waals surface area contributed by atoms with Crippen LogP contribution in [0.15, 0.2) is 23.1 Å². The van der Waals surface area contributed by atoms with E-state index in [9.17, 15) is 18.7 Å². The lowest BCUT2D eigenvalue weighted by Crippen LogP contribution is -2.32. The third-order valence-corrected chi connectivity index (χ3v) is 5.48. The molecule has 0 aliphatic heterocycles. The Bertz CT molecular complexity index is 507. The van der Waals surface area contributed by atoms with Crippen LogP contribution < -0.4 is 0 Å². The molecule has 2 nitrogen and oxygen atoms in total. The van der Waals surface area contributed by atoms with Gasteiger partial charge in [0, 0.05) is 10.1 Å². The Hall–Kier alpha value is -1.10. The summed E-state index contributed by atoms with van der Waals surface area (Å²) in [5.74, 6) is -1.81. The average molecular weight is 314 g/mol. The molecule has 2 rings (SSSR count). The molecule has 1 aromatic rings. The first-order valence-corrected chi connectivity index (χ1v) is 8.23. The van der Waals surface area contributed by atoms with Gasteiger partial charge in [-0.3, -0.25) is 4.79 Å². The maximum atomic E-state index is 13.8. The standard InChI is InChI=1S/C16H20F2O2S/c1-2-3-10-4-6-12(16(19)20)14(8-10)21-15-9-11(17)5-7-13(15)18/h5,7,9-10,12,14H,2-4,6,8H2,1H3,(H,19,20). The summed E-state index contributed by atoms with van der Waals surface area (Å²) in [6.07, 6.45) is 4.41. The van der Waals surface area contributed by atoms with Gasteiger partial charge in [0.15, 0.2) is 0 Å². The molecule has 3 atom stereocenters. The Morgan fingerprint density at radius 3 is 2.81 bits per heavy atom. The van der Waals surface area contributed by atoms with Gasteiger partial charge in [-0.25, -0.2) is 8.78 Å². The van der Waals surface area contributed by atoms with Crippen LogP contribution >= 0.6 is 11.8 Å². The average Bonchev–Trinajstić information content (AvgIpc) is 2.43. The molecule has 1 aliphatic rings. The largest absolute Gasteiger partial charge is 0.481 e. The first-order valence-electron chi connectivity index (χ1n) is 7.35. The minimum absolute atomic E-state index is 0.191. The molecule has 0 bridgehead atoms. The van der Waals surface area contributed by atoms with Crippen molar-refractivity contribution in [2.45, 2.75) is 49.2 Å². The molecule has 1 N–H and O–H groups in total. The van der Waals surface area contributed by atoms with Crippen LogP contribution in [0.25, 0.3) is 0 Å². The Balaban J connectivity index is 2.15. The van der Waals surface area contributed by atoms with Crippen molar-refractivity contribution in [1.82, 2.24) is 0 Å². The van der Waals surface area contributed by atoms with Crippen molar-refractivity contribution in [3.8, 4) is 0 Å². The zero-order valence-electron chi connectivity index (χ0n) is 12.0. The fraction of sp³-hybridized carbons (Fsp3) is 0.562. The maximum Gasteiger partial charge on any atom is 0.307 e. The molecule has 5 heteroatoms. The number of carboxylic acid groups (broad SMARTS) is 1. The van der Waals surface area contributed by atoms with Gasteiger partial charge in [0.25, 0.3) is 0 Å². The summed E-state index contributed by atoms with van der Waals surface area (Å²) >= 11 is 1.18. The van der Waals surface area contributed by atoms with Gasteiger partial charge in [-0.05, 0) is 43.4 Å². The van der Waals surface area contributed by atoms with Gasteiger partial charge >= 0.3 is 5.97 Å². The molecule has 3 unspecified atom stereocenters. The topological polar surface area (TPSA) is 37.3 Å². The first kappa shape index (κ1) is 16.3. The Kier molecular flexibility index (Phi) is 5.62. The quantitative estimate of drug-likeness (QED) is 0.854. The monoisotopic (exact) mass is 314 g/mol. The van der Waals surface area contributed by atoms with Gasteiger partial charge in [-0.1, -0.05) is 19.8 Å². The van der Waals surface area contributed by atoms with Crippen LogP contribution in [0.5, 0.6) is 0 Å². The van der Waals surface area contributed by atoms with Crippen LogP contribution in [0.4, 0.5) is 8.78 Å². The number of hydrogen-bond donors (Lipinski definition) is 1. The highest BCUT2D eigenvalue weighted by Crippen LogP contribution is 2.42. The van der Waals surface area contributed by atoms with E-state index in [0.29, 0.717) is 12.3 Å². The summed E-state index contributed by atoms with van der Waals surface area (Å²) < 4.78 is 27.0. The normalized spacial score (nSPS) is 25.8. The second-order valence-electron chi connectivity index (χ2n) is 5.64. The van der Waals surface area contributed by atoms with E-state index in [4.69, 9.17) is 0 Å². The van der Waals surface area contributed by atoms with Crippen molar-refractivity contribution in [1.29, 1.82) is 0 Å². The van der Waals surface area contributed by atoms with Crippen molar-refractivity contribution in [3.63, 3.8) is 0 Å². The van der Waals surface area contributed by atoms with Gasteiger partial charge in [0.2, 0.25) is 0 Å². The molecule has 0 amide bonds. The van der Waals surface area contributed by atoms with E-state index in [1.165, 1.54) is 11.8 Å². The van der Waals surface area contributed by atoms with Crippen LogP contribution in [0.2, 0.25) is 0 Å². The second-order valence-corrected chi connectivity index (χ2v) is 6.92. The Morgan fingerprint density at radius 1 is 1.38 bits per heavy atom. The van der Waals surface area contributed by atoms with Crippen molar-refractivity contribution in [2.75, 3.05) is 0 Å². The number of carbonyl (C=O) groups is 1. The van der Waals surface area contributed by atoms with Crippen LogP contribution in [0.3, 0.4) is 0 Å². The molecule has 1 aromatic carbocycles. The van der Waals surface area contributed by atoms with Gasteiger partial charge < -0.3 is 5.11 Å². The third kappa shape index (κ3) is 4.19. The summed E-state index contributed by atoms with van der Waals surface area (Å²) in [6.45, 7) is 2.11. The van der Waals surface area contributed by atoms with Gasteiger partial charge in [-0.15, -0.1) is 11.8 Å². The molecule has 0 aromatic heterocycles. The predicted octanol–water partition coefficient (Wildman–Crippen LogP) is 4.73. The molecule has 0 radical (unpaired) electrons. The highest BCUT2D eigenvalue weighted by molar-refractivity contribution is 8.00. The van der Waals surface area contributed by atoms with E-state index in [0.717, 1.165) is 43.9 Å². The molecule has 21 heavy (non-hydrogen) atoms. The van der Waals surface area contributed by atoms with Gasteiger partial charge in [0.1, 0.15) is 11.6 Å². The zero-order chi connectivity index (χ0) is 15.4. The minimum atomic E-state index is -0.834. The number of aliphatic carboxylic acids is 1. The highest BCUT2D eigenvalue weighted by Gasteiger charge is 2.35. The van der Waals surface area contributed by atoms with Crippen LogP contribution in [-0.2, 0) is 4.79 Å². The van der Waals surface area contributed by atoms with Crippen molar-refractivity contribution in [2.24, 2.45) is 11.8 Å². The Labute approximate surface area is 127 Å². The minimum Gasteiger partial charge on any atom is -0.481 e. The molecule has 116 valence electrons. The molecule has 1 saturated carbocycles. The molecular weight excluding hydrogens is 294 g/mol. The smallest absolute Gasteiger partial charge is 0.307 e. The zero-order valence-corrected chi connectivity index (χ0v) is 12.8. The van der Waals surface area contributed by atoms with Crippen molar-refractivity contribution < 1.29 is 18.7 Å². The van der Waals surface area contributed by atoms with E-state index in [1.54, 1.807) is 0 Å². The lowest BCUT2D eigenvalue weighted by atomic mass is 9.80. The highest BCUT2D eigenvalue weighted by atomic mass is 32.2. The van der Waals surface area contributed by atoms with Crippen LogP contribution in [-0.4, -0.2) is 16.3 Å². The van der Waals surface area contributed by atoms with E-state index >= 15 is 0 Å². The number of thioether (sulfide) groups is 1. The van der Waals surface area contributed by atoms with Crippen LogP contribution in [0, 0.1) is 23.5 Å². The van der Waals surface area contributed by atoms with E-state index < -0.39 is 23.5 Å². The summed E-state index contributed by atoms with van der Waals surface area (Å²) in [5, 5.41) is 9.15.